The molecule has 1 fully saturated rings. The molecular weight excluding hydrogens is 338 g/mol. The molecule has 2 aromatic rings. The summed E-state index contributed by atoms with van der Waals surface area (Å²) in [5.74, 6) is 0.593. The lowest BCUT2D eigenvalue weighted by atomic mass is 9.85. The summed E-state index contributed by atoms with van der Waals surface area (Å²) in [5, 5.41) is 2.60. The van der Waals surface area contributed by atoms with E-state index < -0.39 is 0 Å². The van der Waals surface area contributed by atoms with Crippen LogP contribution in [0.1, 0.15) is 37.0 Å². The molecule has 1 heteroatoms. The molecule has 0 N–H and O–H groups in total. The fraction of sp³-hybridized carbons (Fsp3) is 0.222. The molecule has 2 aliphatic carbocycles. The molecule has 3 aliphatic rings. The largest absolute Gasteiger partial charge is 0.289 e. The lowest BCUT2D eigenvalue weighted by Crippen LogP contribution is -2.10. The number of fused-ring (bicyclic) bond motifs is 3. The number of nitrogens with zero attached hydrogens (tertiary/aromatic N) is 1. The zero-order valence-corrected chi connectivity index (χ0v) is 16.5. The van der Waals surface area contributed by atoms with Crippen molar-refractivity contribution in [3.63, 3.8) is 0 Å². The van der Waals surface area contributed by atoms with Crippen LogP contribution in [0.5, 0.6) is 0 Å². The second-order valence-electron chi connectivity index (χ2n) is 8.62. The highest BCUT2D eigenvalue weighted by molar-refractivity contribution is 5.89. The summed E-state index contributed by atoms with van der Waals surface area (Å²) in [7, 11) is 0. The minimum absolute atomic E-state index is 0.129. The van der Waals surface area contributed by atoms with Gasteiger partial charge in [-0.3, -0.25) is 4.99 Å². The monoisotopic (exact) mass is 363 g/mol. The van der Waals surface area contributed by atoms with Crippen molar-refractivity contribution >= 4 is 29.1 Å². The third-order valence-electron chi connectivity index (χ3n) is 6.18. The number of rotatable bonds is 4. The third-order valence-corrected chi connectivity index (χ3v) is 6.18. The van der Waals surface area contributed by atoms with Crippen LogP contribution in [0, 0.1) is 5.92 Å². The van der Waals surface area contributed by atoms with Crippen LogP contribution in [-0.4, -0.2) is 12.3 Å². The molecule has 1 saturated carbocycles. The molecule has 1 nitrogen and oxygen atoms in total. The molecule has 2 unspecified atom stereocenters. The molecule has 138 valence electrons. The van der Waals surface area contributed by atoms with Crippen molar-refractivity contribution in [3.05, 3.63) is 95.1 Å². The quantitative estimate of drug-likeness (QED) is 0.538. The highest BCUT2D eigenvalue weighted by Crippen LogP contribution is 2.45. The van der Waals surface area contributed by atoms with Gasteiger partial charge in [0, 0.05) is 17.5 Å². The lowest BCUT2D eigenvalue weighted by Gasteiger charge is -2.18. The molecule has 0 saturated heterocycles. The Balaban J connectivity index is 1.48. The highest BCUT2D eigenvalue weighted by atomic mass is 14.9. The normalized spacial score (nSPS) is 24.4. The molecule has 0 amide bonds. The first-order valence-electron chi connectivity index (χ1n) is 10.1. The van der Waals surface area contributed by atoms with E-state index in [0.29, 0.717) is 12.0 Å². The molecule has 0 radical (unpaired) electrons. The van der Waals surface area contributed by atoms with E-state index in [1.165, 1.54) is 45.0 Å². The molecule has 2 aromatic carbocycles. The van der Waals surface area contributed by atoms with Gasteiger partial charge < -0.3 is 0 Å². The van der Waals surface area contributed by atoms with E-state index >= 15 is 0 Å². The van der Waals surface area contributed by atoms with Gasteiger partial charge in [-0.1, -0.05) is 69.0 Å². The summed E-state index contributed by atoms with van der Waals surface area (Å²) in [6.45, 7) is 8.45. The number of benzene rings is 2. The summed E-state index contributed by atoms with van der Waals surface area (Å²) in [4.78, 5) is 4.50. The third kappa shape index (κ3) is 2.92. The van der Waals surface area contributed by atoms with Crippen LogP contribution >= 0.6 is 0 Å². The minimum atomic E-state index is 0.129. The molecule has 1 aliphatic heterocycles. The highest BCUT2D eigenvalue weighted by Gasteiger charge is 2.41. The van der Waals surface area contributed by atoms with Crippen LogP contribution < -0.4 is 0 Å². The minimum Gasteiger partial charge on any atom is -0.289 e. The van der Waals surface area contributed by atoms with Gasteiger partial charge in [0.15, 0.2) is 0 Å². The maximum atomic E-state index is 4.50. The molecular formula is C27H25N. The number of allylic oxidation sites excluding steroid dienone is 6. The van der Waals surface area contributed by atoms with Crippen LogP contribution in [0.15, 0.2) is 83.4 Å². The predicted molar refractivity (Wildman–Crippen MR) is 122 cm³/mol. The average molecular weight is 364 g/mol. The van der Waals surface area contributed by atoms with E-state index in [2.05, 4.69) is 92.2 Å². The predicted octanol–water partition coefficient (Wildman–Crippen LogP) is 6.67. The maximum Gasteiger partial charge on any atom is 0.0575 e. The number of hydrogen-bond acceptors (Lipinski definition) is 1. The fourth-order valence-electron chi connectivity index (χ4n) is 4.43. The smallest absolute Gasteiger partial charge is 0.0575 e. The van der Waals surface area contributed by atoms with Crippen LogP contribution in [0.2, 0.25) is 0 Å². The Morgan fingerprint density at radius 1 is 1.18 bits per heavy atom. The van der Waals surface area contributed by atoms with Gasteiger partial charge in [0.25, 0.3) is 0 Å². The molecule has 0 spiro atoms. The molecule has 5 rings (SSSR count). The lowest BCUT2D eigenvalue weighted by molar-refractivity contribution is 0.684. The van der Waals surface area contributed by atoms with Gasteiger partial charge in [0.05, 0.1) is 6.04 Å². The van der Waals surface area contributed by atoms with Crippen molar-refractivity contribution in [2.75, 3.05) is 0 Å². The van der Waals surface area contributed by atoms with Crippen LogP contribution in [0.25, 0.3) is 22.9 Å². The number of hydrogen-bond donors (Lipinski definition) is 0. The van der Waals surface area contributed by atoms with Crippen molar-refractivity contribution in [1.82, 2.24) is 0 Å². The second-order valence-corrected chi connectivity index (χ2v) is 8.62. The Morgan fingerprint density at radius 3 is 2.93 bits per heavy atom. The summed E-state index contributed by atoms with van der Waals surface area (Å²) in [6.07, 6.45) is 18.3. The van der Waals surface area contributed by atoms with Crippen molar-refractivity contribution in [2.45, 2.75) is 31.7 Å². The van der Waals surface area contributed by atoms with Crippen molar-refractivity contribution in [3.8, 4) is 0 Å². The van der Waals surface area contributed by atoms with Gasteiger partial charge in [0.2, 0.25) is 0 Å². The fourth-order valence-corrected chi connectivity index (χ4v) is 4.43. The van der Waals surface area contributed by atoms with E-state index in [1.54, 1.807) is 0 Å². The van der Waals surface area contributed by atoms with Crippen molar-refractivity contribution in [2.24, 2.45) is 10.9 Å². The van der Waals surface area contributed by atoms with Gasteiger partial charge in [-0.05, 0) is 69.3 Å². The van der Waals surface area contributed by atoms with E-state index in [1.807, 2.05) is 12.3 Å². The second kappa shape index (κ2) is 6.31. The first-order valence-corrected chi connectivity index (χ1v) is 10.1. The van der Waals surface area contributed by atoms with E-state index in [4.69, 9.17) is 0 Å². The molecule has 0 aromatic heterocycles. The van der Waals surface area contributed by atoms with Crippen molar-refractivity contribution < 1.29 is 0 Å². The molecule has 28 heavy (non-hydrogen) atoms. The Morgan fingerprint density at radius 2 is 2.07 bits per heavy atom. The Hall–Kier alpha value is -2.93. The van der Waals surface area contributed by atoms with Crippen LogP contribution in [0.4, 0.5) is 0 Å². The number of aliphatic imine (C=N–C) groups is 1. The summed E-state index contributed by atoms with van der Waals surface area (Å²) < 4.78 is 0. The zero-order valence-electron chi connectivity index (χ0n) is 16.5. The van der Waals surface area contributed by atoms with Gasteiger partial charge in [-0.15, -0.1) is 0 Å². The number of dihydropyridines is 1. The van der Waals surface area contributed by atoms with E-state index in [9.17, 15) is 0 Å². The van der Waals surface area contributed by atoms with Crippen molar-refractivity contribution in [1.29, 1.82) is 0 Å². The zero-order chi connectivity index (χ0) is 19.3. The molecule has 0 bridgehead atoms. The standard InChI is InChI=1S/C27H25N/c1-4-5-19(23-11-13-28-26-17-24(23)26)8-6-18-7-9-20-16-25-21(15-22(20)14-18)10-12-27(25,2)3/h4-16,24,26H,1,17H2,2-3H3/b8-6+,19-5+. The Kier molecular flexibility index (Phi) is 3.87. The van der Waals surface area contributed by atoms with Gasteiger partial charge in [-0.2, -0.15) is 0 Å². The van der Waals surface area contributed by atoms with Gasteiger partial charge >= 0.3 is 0 Å². The maximum absolute atomic E-state index is 4.50. The van der Waals surface area contributed by atoms with Gasteiger partial charge in [0.1, 0.15) is 0 Å². The molecule has 1 heterocycles. The summed E-state index contributed by atoms with van der Waals surface area (Å²) in [5.41, 5.74) is 6.75. The topological polar surface area (TPSA) is 12.4 Å². The molecule has 2 atom stereocenters. The summed E-state index contributed by atoms with van der Waals surface area (Å²) >= 11 is 0. The SMILES string of the molecule is C=C/C=C(\C=C\c1ccc2cc3c(cc2c1)C=CC3(C)C)C1=CC=NC2CC12. The Bertz CT molecular complexity index is 1130. The summed E-state index contributed by atoms with van der Waals surface area (Å²) in [6, 6.07) is 11.9. The first kappa shape index (κ1) is 17.2. The van der Waals surface area contributed by atoms with E-state index in [0.717, 1.165) is 0 Å². The van der Waals surface area contributed by atoms with Gasteiger partial charge in [-0.25, -0.2) is 0 Å². The first-order chi connectivity index (χ1) is 13.5. The average Bonchev–Trinajstić information content (AvgIpc) is 3.43. The van der Waals surface area contributed by atoms with Crippen LogP contribution in [-0.2, 0) is 5.41 Å². The Labute approximate surface area is 167 Å². The van der Waals surface area contributed by atoms with Crippen LogP contribution in [0.3, 0.4) is 0 Å². The van der Waals surface area contributed by atoms with E-state index in [-0.39, 0.29) is 5.41 Å².